The molecule has 0 aromatic rings. The van der Waals surface area contributed by atoms with Crippen molar-refractivity contribution in [2.24, 2.45) is 5.92 Å². The summed E-state index contributed by atoms with van der Waals surface area (Å²) in [6, 6.07) is -0.0942. The molecule has 0 radical (unpaired) electrons. The van der Waals surface area contributed by atoms with Crippen LogP contribution in [0.15, 0.2) is 0 Å². The highest BCUT2D eigenvalue weighted by atomic mass is 16.5. The van der Waals surface area contributed by atoms with E-state index in [4.69, 9.17) is 4.74 Å². The lowest BCUT2D eigenvalue weighted by Crippen LogP contribution is -2.48. The zero-order valence-electron chi connectivity index (χ0n) is 12.9. The van der Waals surface area contributed by atoms with Gasteiger partial charge in [0.1, 0.15) is 6.04 Å². The fraction of sp³-hybridized carbons (Fsp3) is 0.867. The van der Waals surface area contributed by atoms with Crippen molar-refractivity contribution >= 4 is 11.9 Å². The van der Waals surface area contributed by atoms with Crippen molar-refractivity contribution in [3.05, 3.63) is 0 Å². The van der Waals surface area contributed by atoms with Crippen LogP contribution in [0.3, 0.4) is 0 Å². The zero-order valence-corrected chi connectivity index (χ0v) is 12.9. The Bertz CT molecular complexity index is 314. The number of carbonyl (C=O) groups is 2. The molecule has 0 saturated heterocycles. The molecule has 1 aliphatic rings. The van der Waals surface area contributed by atoms with Gasteiger partial charge in [0, 0.05) is 6.04 Å². The lowest BCUT2D eigenvalue weighted by atomic mass is 9.99. The summed E-state index contributed by atoms with van der Waals surface area (Å²) in [6.45, 7) is 6.34. The number of esters is 1. The lowest BCUT2D eigenvalue weighted by molar-refractivity contribution is -0.147. The third-order valence-corrected chi connectivity index (χ3v) is 3.96. The van der Waals surface area contributed by atoms with E-state index in [-0.39, 0.29) is 24.3 Å². The maximum Gasteiger partial charge on any atom is 0.323 e. The van der Waals surface area contributed by atoms with E-state index in [1.807, 2.05) is 13.8 Å². The molecular formula is C15H28N2O3. The minimum absolute atomic E-state index is 0.0329. The van der Waals surface area contributed by atoms with Crippen molar-refractivity contribution < 1.29 is 14.3 Å². The van der Waals surface area contributed by atoms with Crippen molar-refractivity contribution in [1.29, 1.82) is 0 Å². The molecule has 1 rings (SSSR count). The molecule has 20 heavy (non-hydrogen) atoms. The summed E-state index contributed by atoms with van der Waals surface area (Å²) in [5, 5.41) is 6.05. The van der Waals surface area contributed by atoms with Crippen LogP contribution in [-0.2, 0) is 14.3 Å². The number of nitrogens with one attached hydrogen (secondary N) is 2. The number of ether oxygens (including phenoxy) is 1. The van der Waals surface area contributed by atoms with Gasteiger partial charge in [0.2, 0.25) is 5.91 Å². The first-order valence-corrected chi connectivity index (χ1v) is 7.77. The van der Waals surface area contributed by atoms with Gasteiger partial charge in [0.25, 0.3) is 0 Å². The highest BCUT2D eigenvalue weighted by Gasteiger charge is 2.26. The highest BCUT2D eigenvalue weighted by Crippen LogP contribution is 2.17. The molecule has 0 spiro atoms. The van der Waals surface area contributed by atoms with Gasteiger partial charge in [-0.1, -0.05) is 33.1 Å². The highest BCUT2D eigenvalue weighted by molar-refractivity contribution is 5.80. The average molecular weight is 284 g/mol. The van der Waals surface area contributed by atoms with Gasteiger partial charge in [-0.15, -0.1) is 0 Å². The Morgan fingerprint density at radius 3 is 2.45 bits per heavy atom. The van der Waals surface area contributed by atoms with Crippen LogP contribution in [0.2, 0.25) is 0 Å². The Balaban J connectivity index is 2.39. The molecule has 0 aromatic carbocycles. The summed E-state index contributed by atoms with van der Waals surface area (Å²) in [5.74, 6) is -0.154. The third-order valence-electron chi connectivity index (χ3n) is 3.96. The number of carbonyl (C=O) groups excluding carboxylic acids is 2. The molecule has 116 valence electrons. The van der Waals surface area contributed by atoms with Crippen LogP contribution < -0.4 is 10.6 Å². The fourth-order valence-electron chi connectivity index (χ4n) is 2.54. The van der Waals surface area contributed by atoms with Gasteiger partial charge in [0.15, 0.2) is 0 Å². The predicted molar refractivity (Wildman–Crippen MR) is 78.3 cm³/mol. The van der Waals surface area contributed by atoms with Crippen molar-refractivity contribution in [1.82, 2.24) is 10.6 Å². The quantitative estimate of drug-likeness (QED) is 0.665. The zero-order chi connectivity index (χ0) is 15.0. The van der Waals surface area contributed by atoms with Crippen LogP contribution >= 0.6 is 0 Å². The van der Waals surface area contributed by atoms with Gasteiger partial charge in [-0.25, -0.2) is 0 Å². The average Bonchev–Trinajstić information content (AvgIpc) is 2.91. The summed E-state index contributed by atoms with van der Waals surface area (Å²) in [6.07, 6.45) is 5.38. The predicted octanol–water partition coefficient (Wildman–Crippen LogP) is 1.61. The molecule has 0 heterocycles. The molecule has 5 nitrogen and oxygen atoms in total. The van der Waals surface area contributed by atoms with Gasteiger partial charge < -0.3 is 10.1 Å². The molecule has 0 aromatic heterocycles. The summed E-state index contributed by atoms with van der Waals surface area (Å²) >= 11 is 0. The van der Waals surface area contributed by atoms with Gasteiger partial charge >= 0.3 is 5.97 Å². The van der Waals surface area contributed by atoms with E-state index in [0.29, 0.717) is 12.6 Å². The summed E-state index contributed by atoms with van der Waals surface area (Å²) in [7, 11) is 0. The van der Waals surface area contributed by atoms with Crippen LogP contribution in [-0.4, -0.2) is 37.1 Å². The van der Waals surface area contributed by atoms with E-state index in [9.17, 15) is 9.59 Å². The summed E-state index contributed by atoms with van der Waals surface area (Å²) in [5.41, 5.74) is 0. The first-order chi connectivity index (χ1) is 9.58. The van der Waals surface area contributed by atoms with Crippen LogP contribution in [0, 0.1) is 5.92 Å². The Morgan fingerprint density at radius 2 is 1.90 bits per heavy atom. The smallest absolute Gasteiger partial charge is 0.323 e. The second-order valence-electron chi connectivity index (χ2n) is 5.55. The molecule has 1 aliphatic carbocycles. The van der Waals surface area contributed by atoms with Crippen LogP contribution in [0.5, 0.6) is 0 Å². The van der Waals surface area contributed by atoms with Crippen molar-refractivity contribution in [3.63, 3.8) is 0 Å². The van der Waals surface area contributed by atoms with Crippen LogP contribution in [0.1, 0.15) is 52.9 Å². The molecule has 0 unspecified atom stereocenters. The Hall–Kier alpha value is -1.10. The Morgan fingerprint density at radius 1 is 1.25 bits per heavy atom. The van der Waals surface area contributed by atoms with Gasteiger partial charge in [-0.05, 0) is 25.7 Å². The van der Waals surface area contributed by atoms with E-state index in [1.54, 1.807) is 6.92 Å². The summed E-state index contributed by atoms with van der Waals surface area (Å²) in [4.78, 5) is 23.8. The first kappa shape index (κ1) is 17.0. The first-order valence-electron chi connectivity index (χ1n) is 7.77. The second kappa shape index (κ2) is 8.95. The normalized spacial score (nSPS) is 18.6. The lowest BCUT2D eigenvalue weighted by Gasteiger charge is -2.22. The Kier molecular flexibility index (Phi) is 7.59. The molecule has 2 atom stereocenters. The molecule has 1 fully saturated rings. The van der Waals surface area contributed by atoms with Gasteiger partial charge in [-0.2, -0.15) is 0 Å². The molecule has 2 N–H and O–H groups in total. The maximum atomic E-state index is 11.9. The standard InChI is InChI=1S/C15H28N2O3/c1-4-11(3)14(15(19)20-5-2)16-10-13(18)17-12-8-6-7-9-12/h11-12,14,16H,4-10H2,1-3H3,(H,17,18)/t11-,14+/m0/s1. The monoisotopic (exact) mass is 284 g/mol. The number of hydrogen-bond donors (Lipinski definition) is 2. The van der Waals surface area contributed by atoms with E-state index >= 15 is 0 Å². The van der Waals surface area contributed by atoms with Crippen molar-refractivity contribution in [2.75, 3.05) is 13.2 Å². The molecule has 0 aliphatic heterocycles. The van der Waals surface area contributed by atoms with Gasteiger partial charge in [0.05, 0.1) is 13.2 Å². The van der Waals surface area contributed by atoms with E-state index in [1.165, 1.54) is 12.8 Å². The number of hydrogen-bond acceptors (Lipinski definition) is 4. The van der Waals surface area contributed by atoms with E-state index < -0.39 is 6.04 Å². The van der Waals surface area contributed by atoms with Crippen LogP contribution in [0.25, 0.3) is 0 Å². The number of rotatable bonds is 8. The SMILES string of the molecule is CCOC(=O)[C@H](NCC(=O)NC1CCCC1)[C@@H](C)CC. The minimum atomic E-state index is -0.408. The molecule has 1 saturated carbocycles. The van der Waals surface area contributed by atoms with Crippen molar-refractivity contribution in [3.8, 4) is 0 Å². The topological polar surface area (TPSA) is 67.4 Å². The molecule has 5 heteroatoms. The fourth-order valence-corrected chi connectivity index (χ4v) is 2.54. The van der Waals surface area contributed by atoms with E-state index in [2.05, 4.69) is 10.6 Å². The number of amides is 1. The minimum Gasteiger partial charge on any atom is -0.465 e. The van der Waals surface area contributed by atoms with E-state index in [0.717, 1.165) is 19.3 Å². The van der Waals surface area contributed by atoms with Gasteiger partial charge in [-0.3, -0.25) is 14.9 Å². The van der Waals surface area contributed by atoms with Crippen LogP contribution in [0.4, 0.5) is 0 Å². The molecule has 1 amide bonds. The second-order valence-corrected chi connectivity index (χ2v) is 5.55. The molecular weight excluding hydrogens is 256 g/mol. The summed E-state index contributed by atoms with van der Waals surface area (Å²) < 4.78 is 5.06. The molecule has 0 bridgehead atoms. The van der Waals surface area contributed by atoms with Crippen molar-refractivity contribution in [2.45, 2.75) is 65.0 Å². The maximum absolute atomic E-state index is 11.9. The largest absolute Gasteiger partial charge is 0.465 e. The third kappa shape index (κ3) is 5.49. The Labute approximate surface area is 121 Å².